The van der Waals surface area contributed by atoms with E-state index in [9.17, 15) is 0 Å². The predicted octanol–water partition coefficient (Wildman–Crippen LogP) is 4.53. The molecule has 0 spiro atoms. The molecule has 0 amide bonds. The Morgan fingerprint density at radius 1 is 0.538 bits per heavy atom. The molecule has 0 radical (unpaired) electrons. The van der Waals surface area contributed by atoms with Gasteiger partial charge in [-0.1, -0.05) is 0 Å². The van der Waals surface area contributed by atoms with Gasteiger partial charge >= 0.3 is 23.2 Å². The predicted molar refractivity (Wildman–Crippen MR) is 99.5 cm³/mol. The van der Waals surface area contributed by atoms with E-state index in [1.165, 1.54) is 0 Å². The van der Waals surface area contributed by atoms with Crippen LogP contribution < -0.4 is 0 Å². The molecule has 126 valence electrons. The first-order chi connectivity index (χ1) is 12.8. The van der Waals surface area contributed by atoms with E-state index in [4.69, 9.17) is 3.40 Å². The molecule has 3 aromatic heterocycles. The van der Waals surface area contributed by atoms with Crippen molar-refractivity contribution in [1.82, 2.24) is 19.9 Å². The van der Waals surface area contributed by atoms with E-state index >= 15 is 0 Å². The fourth-order valence-electron chi connectivity index (χ4n) is 2.94. The Balaban J connectivity index is 0.000000814. The minimum absolute atomic E-state index is 0.333. The van der Waals surface area contributed by atoms with Gasteiger partial charge in [-0.2, -0.15) is 0 Å². The molecule has 8 bridgehead atoms. The molecule has 0 aromatic carbocycles. The molecule has 26 heavy (non-hydrogen) atoms. The SMILES string of the molecule is C1=Cc2cc3ccc(cc4ccc(cc5nc(cc1n2)C=C5)[nH]4)[nH]3.[O]=[W]. The number of aromatic nitrogens is 4. The molecule has 0 fully saturated rings. The number of aromatic amines is 2. The average Bonchev–Trinajstić information content (AvgIpc) is 3.42. The van der Waals surface area contributed by atoms with Gasteiger partial charge in [0, 0.05) is 22.1 Å². The van der Waals surface area contributed by atoms with Crippen LogP contribution in [0.15, 0.2) is 48.5 Å². The molecule has 5 rings (SSSR count). The fraction of sp³-hybridized carbons (Fsp3) is 0. The van der Waals surface area contributed by atoms with E-state index in [1.807, 2.05) is 42.5 Å². The summed E-state index contributed by atoms with van der Waals surface area (Å²) in [6, 6.07) is 16.4. The molecule has 3 aromatic rings. The molecule has 5 nitrogen and oxygen atoms in total. The van der Waals surface area contributed by atoms with Crippen LogP contribution >= 0.6 is 0 Å². The van der Waals surface area contributed by atoms with E-state index in [-0.39, 0.29) is 0 Å². The van der Waals surface area contributed by atoms with Crippen molar-refractivity contribution in [3.63, 3.8) is 0 Å². The van der Waals surface area contributed by atoms with E-state index in [0.717, 1.165) is 44.8 Å². The molecular formula is C20H14N4OW. The Kier molecular flexibility index (Phi) is 4.55. The van der Waals surface area contributed by atoms with Crippen molar-refractivity contribution in [2.45, 2.75) is 0 Å². The van der Waals surface area contributed by atoms with E-state index in [2.05, 4.69) is 50.3 Å². The van der Waals surface area contributed by atoms with Crippen molar-refractivity contribution in [3.05, 3.63) is 71.3 Å². The zero-order chi connectivity index (χ0) is 17.9. The Labute approximate surface area is 160 Å². The summed E-state index contributed by atoms with van der Waals surface area (Å²) in [5, 5.41) is 0. The molecule has 2 N–H and O–H groups in total. The van der Waals surface area contributed by atoms with Crippen molar-refractivity contribution in [2.24, 2.45) is 0 Å². The molecule has 0 atom stereocenters. The maximum atomic E-state index is 8.33. The first kappa shape index (κ1) is 16.6. The van der Waals surface area contributed by atoms with Crippen molar-refractivity contribution in [3.8, 4) is 0 Å². The second-order valence-electron chi connectivity index (χ2n) is 5.91. The van der Waals surface area contributed by atoms with Gasteiger partial charge in [0.25, 0.3) is 0 Å². The Morgan fingerprint density at radius 3 is 1.31 bits per heavy atom. The summed E-state index contributed by atoms with van der Waals surface area (Å²) < 4.78 is 8.33. The third kappa shape index (κ3) is 3.53. The van der Waals surface area contributed by atoms with Crippen molar-refractivity contribution in [2.75, 3.05) is 0 Å². The third-order valence-electron chi connectivity index (χ3n) is 4.04. The van der Waals surface area contributed by atoms with Gasteiger partial charge in [-0.25, -0.2) is 9.97 Å². The standard InChI is InChI=1S/C20H14N4.O.W/c1-2-14-10-16-5-6-18(23-16)12-20-8-7-19(24-20)11-17-4-3-15(22-17)9-13(1)21-14;;/h1-12,21-22H;;. The van der Waals surface area contributed by atoms with Gasteiger partial charge in [0.15, 0.2) is 0 Å². The van der Waals surface area contributed by atoms with Crippen LogP contribution in [0.5, 0.6) is 0 Å². The van der Waals surface area contributed by atoms with Crippen LogP contribution in [0.25, 0.3) is 46.4 Å². The summed E-state index contributed by atoms with van der Waals surface area (Å²) in [5.41, 5.74) is 7.86. The summed E-state index contributed by atoms with van der Waals surface area (Å²) in [5.74, 6) is 0. The first-order valence-electron chi connectivity index (χ1n) is 8.01. The van der Waals surface area contributed by atoms with Crippen molar-refractivity contribution in [1.29, 1.82) is 0 Å². The number of hydrogen-bond acceptors (Lipinski definition) is 3. The summed E-state index contributed by atoms with van der Waals surface area (Å²) in [4.78, 5) is 16.0. The van der Waals surface area contributed by atoms with Gasteiger partial charge in [-0.05, 0) is 72.8 Å². The molecule has 6 heteroatoms. The number of H-pyrrole nitrogens is 2. The first-order valence-corrected chi connectivity index (χ1v) is 9.21. The third-order valence-corrected chi connectivity index (χ3v) is 4.04. The number of nitrogens with zero attached hydrogens (tertiary/aromatic N) is 2. The Morgan fingerprint density at radius 2 is 0.885 bits per heavy atom. The molecule has 2 aliphatic heterocycles. The van der Waals surface area contributed by atoms with Gasteiger partial charge in [0.2, 0.25) is 0 Å². The Bertz CT molecular complexity index is 1100. The maximum absolute atomic E-state index is 8.33. The van der Waals surface area contributed by atoms with Gasteiger partial charge in [0.05, 0.1) is 22.8 Å². The fourth-order valence-corrected chi connectivity index (χ4v) is 2.94. The molecule has 0 unspecified atom stereocenters. The van der Waals surface area contributed by atoms with E-state index in [1.54, 1.807) is 0 Å². The minimum atomic E-state index is 0.333. The Hall–Kier alpha value is -2.91. The summed E-state index contributed by atoms with van der Waals surface area (Å²) in [6.07, 6.45) is 8.05. The molecular weight excluding hydrogens is 496 g/mol. The molecule has 0 aliphatic carbocycles. The molecule has 0 saturated carbocycles. The monoisotopic (exact) mass is 510 g/mol. The molecule has 0 saturated heterocycles. The van der Waals surface area contributed by atoms with Crippen LogP contribution in [0.1, 0.15) is 22.8 Å². The van der Waals surface area contributed by atoms with Gasteiger partial charge < -0.3 is 9.97 Å². The van der Waals surface area contributed by atoms with Crippen LogP contribution in [-0.4, -0.2) is 19.9 Å². The zero-order valence-corrected chi connectivity index (χ0v) is 16.6. The molecule has 5 heterocycles. The quantitative estimate of drug-likeness (QED) is 0.322. The summed E-state index contributed by atoms with van der Waals surface area (Å²) in [6.45, 7) is 0. The number of fused-ring (bicyclic) bond motifs is 8. The van der Waals surface area contributed by atoms with Crippen LogP contribution in [-0.2, 0) is 23.2 Å². The second-order valence-corrected chi connectivity index (χ2v) is 5.91. The van der Waals surface area contributed by atoms with Crippen LogP contribution in [0.3, 0.4) is 0 Å². The number of rotatable bonds is 0. The summed E-state index contributed by atoms with van der Waals surface area (Å²) in [7, 11) is 0. The van der Waals surface area contributed by atoms with Crippen molar-refractivity contribution < 1.29 is 23.2 Å². The molecule has 2 aliphatic rings. The van der Waals surface area contributed by atoms with Crippen LogP contribution in [0, 0.1) is 0 Å². The van der Waals surface area contributed by atoms with Crippen LogP contribution in [0.4, 0.5) is 0 Å². The number of nitrogens with one attached hydrogen (secondary N) is 2. The second kappa shape index (κ2) is 7.14. The average molecular weight is 510 g/mol. The van der Waals surface area contributed by atoms with Gasteiger partial charge in [0.1, 0.15) is 0 Å². The van der Waals surface area contributed by atoms with E-state index in [0.29, 0.717) is 19.8 Å². The van der Waals surface area contributed by atoms with E-state index < -0.39 is 0 Å². The van der Waals surface area contributed by atoms with Crippen molar-refractivity contribution >= 4 is 46.4 Å². The topological polar surface area (TPSA) is 74.4 Å². The van der Waals surface area contributed by atoms with Gasteiger partial charge in [-0.15, -0.1) is 0 Å². The number of hydrogen-bond donors (Lipinski definition) is 2. The van der Waals surface area contributed by atoms with Gasteiger partial charge in [-0.3, -0.25) is 0 Å². The zero-order valence-electron chi connectivity index (χ0n) is 13.6. The van der Waals surface area contributed by atoms with Crippen LogP contribution in [0.2, 0.25) is 0 Å². The summed E-state index contributed by atoms with van der Waals surface area (Å²) >= 11 is 0.333. The normalized spacial score (nSPS) is 11.8.